The van der Waals surface area contributed by atoms with E-state index >= 15 is 0 Å². The van der Waals surface area contributed by atoms with Crippen LogP contribution in [0.25, 0.3) is 0 Å². The summed E-state index contributed by atoms with van der Waals surface area (Å²) < 4.78 is 49.3. The molecule has 1 heterocycles. The Labute approximate surface area is 172 Å². The zero-order chi connectivity index (χ0) is 21.1. The van der Waals surface area contributed by atoms with E-state index in [0.717, 1.165) is 11.8 Å². The van der Waals surface area contributed by atoms with E-state index < -0.39 is 23.0 Å². The normalized spacial score (nSPS) is 21.8. The second-order valence-electron chi connectivity index (χ2n) is 6.94. The lowest BCUT2D eigenvalue weighted by molar-refractivity contribution is -0.322. The molecular formula is C21H23F3N2O2S. The van der Waals surface area contributed by atoms with E-state index in [4.69, 9.17) is 10.5 Å². The van der Waals surface area contributed by atoms with Crippen LogP contribution in [0.2, 0.25) is 0 Å². The number of ether oxygens (including phenoxy) is 1. The highest BCUT2D eigenvalue weighted by Gasteiger charge is 2.68. The molecule has 0 aliphatic carbocycles. The fourth-order valence-corrected chi connectivity index (χ4v) is 5.68. The molecule has 0 aromatic heterocycles. The number of rotatable bonds is 6. The maximum atomic E-state index is 14.7. The summed E-state index contributed by atoms with van der Waals surface area (Å²) in [6.45, 7) is 1.87. The molecule has 156 valence electrons. The Bertz CT molecular complexity index is 793. The smallest absolute Gasteiger partial charge is 0.426 e. The maximum Gasteiger partial charge on any atom is 0.464 e. The molecule has 2 aromatic rings. The summed E-state index contributed by atoms with van der Waals surface area (Å²) >= 11 is 1.10. The number of amides is 1. The summed E-state index contributed by atoms with van der Waals surface area (Å²) in [6, 6.07) is 17.0. The van der Waals surface area contributed by atoms with Crippen molar-refractivity contribution in [1.29, 1.82) is 0 Å². The van der Waals surface area contributed by atoms with Crippen LogP contribution in [0.15, 0.2) is 60.7 Å². The Morgan fingerprint density at radius 2 is 1.62 bits per heavy atom. The van der Waals surface area contributed by atoms with Crippen molar-refractivity contribution < 1.29 is 22.7 Å². The van der Waals surface area contributed by atoms with Crippen LogP contribution in [0.5, 0.6) is 0 Å². The average molecular weight is 424 g/mol. The number of hydrogen-bond acceptors (Lipinski definition) is 4. The molecule has 4 nitrogen and oxygen atoms in total. The molecule has 3 rings (SSSR count). The van der Waals surface area contributed by atoms with Crippen LogP contribution in [-0.2, 0) is 9.61 Å². The highest BCUT2D eigenvalue weighted by molar-refractivity contribution is 8.00. The topological polar surface area (TPSA) is 55.6 Å². The van der Waals surface area contributed by atoms with Crippen LogP contribution < -0.4 is 5.73 Å². The number of nitrogens with two attached hydrogens (primary N) is 1. The van der Waals surface area contributed by atoms with Crippen LogP contribution in [0.3, 0.4) is 0 Å². The van der Waals surface area contributed by atoms with Gasteiger partial charge in [0, 0.05) is 6.42 Å². The van der Waals surface area contributed by atoms with Crippen LogP contribution in [0.4, 0.5) is 18.0 Å². The Balaban J connectivity index is 2.28. The average Bonchev–Trinajstić information content (AvgIpc) is 3.03. The van der Waals surface area contributed by atoms with Gasteiger partial charge >= 0.3 is 12.4 Å². The molecule has 8 heteroatoms. The first kappa shape index (κ1) is 21.5. The summed E-state index contributed by atoms with van der Waals surface area (Å²) in [5.74, 6) is -0.0563. The lowest BCUT2D eigenvalue weighted by Gasteiger charge is -2.45. The number of thioether (sulfide) groups is 1. The second-order valence-corrected chi connectivity index (χ2v) is 8.11. The van der Waals surface area contributed by atoms with Gasteiger partial charge in [-0.15, -0.1) is 11.8 Å². The molecule has 1 aliphatic rings. The SMILES string of the molecule is CCCCC1(OC(N)=O)CSC(c2ccccc2)(c2ccccc2)N1C(F)(F)F. The summed E-state index contributed by atoms with van der Waals surface area (Å²) in [4.78, 5) is 10.5. The number of benzene rings is 2. The predicted molar refractivity (Wildman–Crippen MR) is 107 cm³/mol. The number of alkyl halides is 3. The van der Waals surface area contributed by atoms with Gasteiger partial charge in [-0.25, -0.2) is 4.79 Å². The van der Waals surface area contributed by atoms with Gasteiger partial charge < -0.3 is 10.5 Å². The summed E-state index contributed by atoms with van der Waals surface area (Å²) in [5.41, 5.74) is 4.26. The van der Waals surface area contributed by atoms with Crippen molar-refractivity contribution in [1.82, 2.24) is 4.90 Å². The van der Waals surface area contributed by atoms with E-state index in [0.29, 0.717) is 28.9 Å². The molecule has 0 radical (unpaired) electrons. The van der Waals surface area contributed by atoms with Crippen LogP contribution in [-0.4, -0.2) is 28.8 Å². The third-order valence-electron chi connectivity index (χ3n) is 5.02. The van der Waals surface area contributed by atoms with E-state index in [2.05, 4.69) is 0 Å². The number of primary amides is 1. The van der Waals surface area contributed by atoms with Crippen LogP contribution in [0.1, 0.15) is 37.3 Å². The van der Waals surface area contributed by atoms with Crippen molar-refractivity contribution >= 4 is 17.9 Å². The largest absolute Gasteiger partial charge is 0.464 e. The first-order valence-corrected chi connectivity index (χ1v) is 10.4. The van der Waals surface area contributed by atoms with E-state index in [9.17, 15) is 18.0 Å². The van der Waals surface area contributed by atoms with E-state index in [1.54, 1.807) is 60.7 Å². The highest BCUT2D eigenvalue weighted by Crippen LogP contribution is 2.60. The monoisotopic (exact) mass is 424 g/mol. The van der Waals surface area contributed by atoms with Gasteiger partial charge in [0.25, 0.3) is 0 Å². The molecular weight excluding hydrogens is 401 g/mol. The van der Waals surface area contributed by atoms with Crippen molar-refractivity contribution in [3.8, 4) is 0 Å². The Kier molecular flexibility index (Phi) is 6.14. The van der Waals surface area contributed by atoms with Gasteiger partial charge in [-0.1, -0.05) is 74.0 Å². The standard InChI is InChI=1S/C21H23F3N2O2S/c1-2-3-14-19(28-18(25)27)15-29-20(26(19)21(22,23)24,16-10-6-4-7-11-16)17-12-8-5-9-13-17/h4-13H,2-3,14-15H2,1H3,(H2,25,27). The minimum absolute atomic E-state index is 0.0281. The molecule has 2 aromatic carbocycles. The molecule has 0 spiro atoms. The Morgan fingerprint density at radius 3 is 2.03 bits per heavy atom. The van der Waals surface area contributed by atoms with E-state index in [1.807, 2.05) is 6.92 Å². The van der Waals surface area contributed by atoms with Gasteiger partial charge in [-0.3, -0.25) is 0 Å². The summed E-state index contributed by atoms with van der Waals surface area (Å²) in [7, 11) is 0. The predicted octanol–water partition coefficient (Wildman–Crippen LogP) is 5.44. The minimum atomic E-state index is -4.78. The molecule has 29 heavy (non-hydrogen) atoms. The van der Waals surface area contributed by atoms with E-state index in [1.165, 1.54) is 0 Å². The molecule has 0 saturated carbocycles. The molecule has 2 N–H and O–H groups in total. The third-order valence-corrected chi connectivity index (χ3v) is 6.69. The Hall–Kier alpha value is -2.19. The fourth-order valence-electron chi connectivity index (χ4n) is 3.91. The van der Waals surface area contributed by atoms with Gasteiger partial charge in [0.2, 0.25) is 0 Å². The van der Waals surface area contributed by atoms with Crippen molar-refractivity contribution in [2.45, 2.75) is 43.1 Å². The quantitative estimate of drug-likeness (QED) is 0.628. The first-order valence-electron chi connectivity index (χ1n) is 9.37. The minimum Gasteiger partial charge on any atom is -0.426 e. The van der Waals surface area contributed by atoms with Crippen molar-refractivity contribution in [2.24, 2.45) is 5.73 Å². The molecule has 1 saturated heterocycles. The lowest BCUT2D eigenvalue weighted by Crippen LogP contribution is -2.62. The number of carbonyl (C=O) groups is 1. The van der Waals surface area contributed by atoms with Gasteiger partial charge in [0.05, 0.1) is 5.75 Å². The fraction of sp³-hybridized carbons (Fsp3) is 0.381. The number of nitrogens with zero attached hydrogens (tertiary/aromatic N) is 1. The van der Waals surface area contributed by atoms with Gasteiger partial charge in [-0.2, -0.15) is 18.1 Å². The van der Waals surface area contributed by atoms with Crippen LogP contribution in [0, 0.1) is 0 Å². The van der Waals surface area contributed by atoms with Crippen molar-refractivity contribution in [2.75, 3.05) is 5.75 Å². The van der Waals surface area contributed by atoms with Crippen molar-refractivity contribution in [3.05, 3.63) is 71.8 Å². The maximum absolute atomic E-state index is 14.7. The van der Waals surface area contributed by atoms with E-state index in [-0.39, 0.29) is 12.2 Å². The summed E-state index contributed by atoms with van der Waals surface area (Å²) in [6.07, 6.45) is -4.85. The summed E-state index contributed by atoms with van der Waals surface area (Å²) in [5, 5.41) is 0. The van der Waals surface area contributed by atoms with Crippen molar-refractivity contribution in [3.63, 3.8) is 0 Å². The van der Waals surface area contributed by atoms with Gasteiger partial charge in [0.1, 0.15) is 4.87 Å². The highest BCUT2D eigenvalue weighted by atomic mass is 32.2. The van der Waals surface area contributed by atoms with Crippen LogP contribution >= 0.6 is 11.8 Å². The second kappa shape index (κ2) is 8.28. The number of carbonyl (C=O) groups excluding carboxylic acids is 1. The lowest BCUT2D eigenvalue weighted by atomic mass is 9.93. The number of unbranched alkanes of at least 4 members (excludes halogenated alkanes) is 1. The molecule has 0 bridgehead atoms. The van der Waals surface area contributed by atoms with Gasteiger partial charge in [0.15, 0.2) is 5.72 Å². The van der Waals surface area contributed by atoms with Gasteiger partial charge in [-0.05, 0) is 17.5 Å². The molecule has 1 unspecified atom stereocenters. The number of hydrogen-bond donors (Lipinski definition) is 1. The first-order chi connectivity index (χ1) is 13.8. The number of halogens is 3. The zero-order valence-corrected chi connectivity index (χ0v) is 16.8. The molecule has 1 aliphatic heterocycles. The third kappa shape index (κ3) is 3.96. The zero-order valence-electron chi connectivity index (χ0n) is 16.0. The molecule has 1 amide bonds. The molecule has 1 atom stereocenters. The Morgan fingerprint density at radius 1 is 1.10 bits per heavy atom. The molecule has 1 fully saturated rings.